The van der Waals surface area contributed by atoms with Crippen LogP contribution in [0.3, 0.4) is 0 Å². The first kappa shape index (κ1) is 14.2. The zero-order chi connectivity index (χ0) is 14.7. The molecule has 0 aliphatic heterocycles. The second-order valence-corrected chi connectivity index (χ2v) is 5.90. The zero-order valence-electron chi connectivity index (χ0n) is 12.6. The lowest BCUT2D eigenvalue weighted by molar-refractivity contribution is 0.414. The fourth-order valence-electron chi connectivity index (χ4n) is 3.39. The molecule has 0 bridgehead atoms. The van der Waals surface area contributed by atoms with Crippen LogP contribution in [0.2, 0.25) is 0 Å². The number of rotatable bonds is 4. The van der Waals surface area contributed by atoms with Crippen molar-refractivity contribution in [3.8, 4) is 5.75 Å². The van der Waals surface area contributed by atoms with Gasteiger partial charge in [0.15, 0.2) is 0 Å². The summed E-state index contributed by atoms with van der Waals surface area (Å²) in [6, 6.07) is 17.1. The predicted molar refractivity (Wildman–Crippen MR) is 86.7 cm³/mol. The van der Waals surface area contributed by atoms with E-state index in [9.17, 15) is 0 Å². The van der Waals surface area contributed by atoms with E-state index in [2.05, 4.69) is 36.4 Å². The van der Waals surface area contributed by atoms with Crippen LogP contribution in [-0.2, 0) is 6.42 Å². The molecule has 2 heteroatoms. The average Bonchev–Trinajstić information content (AvgIpc) is 2.55. The molecular formula is C19H23NO. The molecule has 1 aliphatic carbocycles. The molecule has 2 aromatic rings. The third kappa shape index (κ3) is 3.11. The average molecular weight is 281 g/mol. The second-order valence-electron chi connectivity index (χ2n) is 5.90. The van der Waals surface area contributed by atoms with Crippen molar-refractivity contribution in [3.05, 3.63) is 65.2 Å². The number of aryl methyl sites for hydroxylation is 1. The molecule has 110 valence electrons. The van der Waals surface area contributed by atoms with E-state index in [1.165, 1.54) is 36.0 Å². The molecule has 3 rings (SSSR count). The predicted octanol–water partition coefficient (Wildman–Crippen LogP) is 4.21. The van der Waals surface area contributed by atoms with Gasteiger partial charge in [-0.25, -0.2) is 0 Å². The van der Waals surface area contributed by atoms with Gasteiger partial charge in [0.25, 0.3) is 0 Å². The minimum absolute atomic E-state index is 0.0899. The first-order chi connectivity index (χ1) is 10.3. The van der Waals surface area contributed by atoms with Crippen LogP contribution in [0, 0.1) is 0 Å². The third-order valence-electron chi connectivity index (χ3n) is 4.58. The van der Waals surface area contributed by atoms with Crippen molar-refractivity contribution >= 4 is 0 Å². The standard InChI is InChI=1S/C19H23NO/c1-21-17-11-9-15(10-12-17)19(20)13-16-7-4-6-14-5-2-3-8-18(14)16/h2-3,5,8-12,16,19H,4,6-7,13,20H2,1H3. The van der Waals surface area contributed by atoms with E-state index in [-0.39, 0.29) is 6.04 Å². The topological polar surface area (TPSA) is 35.2 Å². The summed E-state index contributed by atoms with van der Waals surface area (Å²) < 4.78 is 5.20. The smallest absolute Gasteiger partial charge is 0.118 e. The number of benzene rings is 2. The summed E-state index contributed by atoms with van der Waals surface area (Å²) >= 11 is 0. The Morgan fingerprint density at radius 3 is 2.67 bits per heavy atom. The molecule has 0 saturated heterocycles. The lowest BCUT2D eigenvalue weighted by Crippen LogP contribution is -2.18. The van der Waals surface area contributed by atoms with E-state index in [0.717, 1.165) is 12.2 Å². The van der Waals surface area contributed by atoms with Crippen molar-refractivity contribution in [2.45, 2.75) is 37.6 Å². The third-order valence-corrected chi connectivity index (χ3v) is 4.58. The van der Waals surface area contributed by atoms with E-state index in [0.29, 0.717) is 5.92 Å². The summed E-state index contributed by atoms with van der Waals surface area (Å²) in [6.45, 7) is 0. The van der Waals surface area contributed by atoms with Gasteiger partial charge in [-0.15, -0.1) is 0 Å². The molecule has 0 fully saturated rings. The van der Waals surface area contributed by atoms with Gasteiger partial charge in [0.05, 0.1) is 7.11 Å². The Kier molecular flexibility index (Phi) is 4.26. The number of hydrogen-bond donors (Lipinski definition) is 1. The largest absolute Gasteiger partial charge is 0.497 e. The van der Waals surface area contributed by atoms with Gasteiger partial charge in [-0.3, -0.25) is 0 Å². The quantitative estimate of drug-likeness (QED) is 0.911. The summed E-state index contributed by atoms with van der Waals surface area (Å²) in [6.07, 6.45) is 4.76. The Hall–Kier alpha value is -1.80. The van der Waals surface area contributed by atoms with Gasteiger partial charge in [-0.05, 0) is 60.4 Å². The highest BCUT2D eigenvalue weighted by atomic mass is 16.5. The molecule has 0 radical (unpaired) electrons. The SMILES string of the molecule is COc1ccc(C(N)CC2CCCc3ccccc32)cc1. The Morgan fingerprint density at radius 2 is 1.90 bits per heavy atom. The number of methoxy groups -OCH3 is 1. The van der Waals surface area contributed by atoms with Gasteiger partial charge in [0.1, 0.15) is 5.75 Å². The van der Waals surface area contributed by atoms with E-state index >= 15 is 0 Å². The highest BCUT2D eigenvalue weighted by Crippen LogP contribution is 2.37. The first-order valence-electron chi connectivity index (χ1n) is 7.75. The molecule has 0 heterocycles. The van der Waals surface area contributed by atoms with Gasteiger partial charge >= 0.3 is 0 Å². The Bertz CT molecular complexity index is 591. The summed E-state index contributed by atoms with van der Waals surface area (Å²) in [7, 11) is 1.69. The van der Waals surface area contributed by atoms with Crippen molar-refractivity contribution in [2.24, 2.45) is 5.73 Å². The van der Waals surface area contributed by atoms with E-state index < -0.39 is 0 Å². The minimum atomic E-state index is 0.0899. The van der Waals surface area contributed by atoms with Gasteiger partial charge in [-0.2, -0.15) is 0 Å². The summed E-state index contributed by atoms with van der Waals surface area (Å²) in [4.78, 5) is 0. The number of fused-ring (bicyclic) bond motifs is 1. The Morgan fingerprint density at radius 1 is 1.14 bits per heavy atom. The Balaban J connectivity index is 1.74. The molecule has 2 atom stereocenters. The molecule has 1 aliphatic rings. The van der Waals surface area contributed by atoms with Crippen LogP contribution in [0.1, 0.15) is 47.9 Å². The second kappa shape index (κ2) is 6.31. The van der Waals surface area contributed by atoms with Crippen molar-refractivity contribution in [1.29, 1.82) is 0 Å². The molecule has 2 unspecified atom stereocenters. The molecule has 2 N–H and O–H groups in total. The van der Waals surface area contributed by atoms with Crippen LogP contribution in [-0.4, -0.2) is 7.11 Å². The maximum absolute atomic E-state index is 6.43. The number of ether oxygens (including phenoxy) is 1. The maximum atomic E-state index is 6.43. The molecular weight excluding hydrogens is 258 g/mol. The Labute approximate surface area is 126 Å². The first-order valence-corrected chi connectivity index (χ1v) is 7.75. The highest BCUT2D eigenvalue weighted by molar-refractivity contribution is 5.34. The number of hydrogen-bond acceptors (Lipinski definition) is 2. The monoisotopic (exact) mass is 281 g/mol. The van der Waals surface area contributed by atoms with Crippen molar-refractivity contribution in [3.63, 3.8) is 0 Å². The molecule has 0 amide bonds. The van der Waals surface area contributed by atoms with Crippen LogP contribution >= 0.6 is 0 Å². The summed E-state index contributed by atoms with van der Waals surface area (Å²) in [5, 5.41) is 0. The maximum Gasteiger partial charge on any atom is 0.118 e. The van der Waals surface area contributed by atoms with Gasteiger partial charge < -0.3 is 10.5 Å². The van der Waals surface area contributed by atoms with Gasteiger partial charge in [-0.1, -0.05) is 36.4 Å². The van der Waals surface area contributed by atoms with Crippen molar-refractivity contribution < 1.29 is 4.74 Å². The van der Waals surface area contributed by atoms with Crippen LogP contribution in [0.15, 0.2) is 48.5 Å². The molecule has 2 nitrogen and oxygen atoms in total. The fourth-order valence-corrected chi connectivity index (χ4v) is 3.39. The van der Waals surface area contributed by atoms with Gasteiger partial charge in [0, 0.05) is 6.04 Å². The lowest BCUT2D eigenvalue weighted by Gasteiger charge is -2.28. The van der Waals surface area contributed by atoms with E-state index in [1.807, 2.05) is 12.1 Å². The van der Waals surface area contributed by atoms with Crippen LogP contribution in [0.25, 0.3) is 0 Å². The van der Waals surface area contributed by atoms with Crippen LogP contribution < -0.4 is 10.5 Å². The summed E-state index contributed by atoms with van der Waals surface area (Å²) in [5.41, 5.74) is 10.6. The number of nitrogens with two attached hydrogens (primary N) is 1. The molecule has 2 aromatic carbocycles. The van der Waals surface area contributed by atoms with Crippen LogP contribution in [0.4, 0.5) is 0 Å². The van der Waals surface area contributed by atoms with Gasteiger partial charge in [0.2, 0.25) is 0 Å². The molecule has 0 spiro atoms. The van der Waals surface area contributed by atoms with E-state index in [4.69, 9.17) is 10.5 Å². The lowest BCUT2D eigenvalue weighted by atomic mass is 9.79. The molecule has 21 heavy (non-hydrogen) atoms. The summed E-state index contributed by atoms with van der Waals surface area (Å²) in [5.74, 6) is 1.47. The minimum Gasteiger partial charge on any atom is -0.497 e. The molecule has 0 aromatic heterocycles. The highest BCUT2D eigenvalue weighted by Gasteiger charge is 2.22. The van der Waals surface area contributed by atoms with E-state index in [1.54, 1.807) is 7.11 Å². The van der Waals surface area contributed by atoms with Crippen molar-refractivity contribution in [2.75, 3.05) is 7.11 Å². The van der Waals surface area contributed by atoms with Crippen LogP contribution in [0.5, 0.6) is 5.75 Å². The normalized spacial score (nSPS) is 18.9. The molecule has 0 saturated carbocycles. The zero-order valence-corrected chi connectivity index (χ0v) is 12.6. The fraction of sp³-hybridized carbons (Fsp3) is 0.368. The van der Waals surface area contributed by atoms with Crippen molar-refractivity contribution in [1.82, 2.24) is 0 Å².